The second-order valence-corrected chi connectivity index (χ2v) is 5.89. The van der Waals surface area contributed by atoms with Crippen molar-refractivity contribution in [2.24, 2.45) is 0 Å². The fourth-order valence-electron chi connectivity index (χ4n) is 2.62. The van der Waals surface area contributed by atoms with Crippen molar-refractivity contribution in [2.45, 2.75) is 51.2 Å². The van der Waals surface area contributed by atoms with Gasteiger partial charge in [0.25, 0.3) is 0 Å². The van der Waals surface area contributed by atoms with Crippen LogP contribution in [-0.4, -0.2) is 19.3 Å². The summed E-state index contributed by atoms with van der Waals surface area (Å²) in [4.78, 5) is 0. The van der Waals surface area contributed by atoms with Crippen LogP contribution in [0.1, 0.15) is 50.3 Å². The number of benzene rings is 1. The molecule has 0 radical (unpaired) electrons. The Bertz CT molecular complexity index is 380. The first-order valence-corrected chi connectivity index (χ1v) is 6.98. The van der Waals surface area contributed by atoms with Gasteiger partial charge in [-0.05, 0) is 44.4 Å². The highest BCUT2D eigenvalue weighted by atomic mass is 16.5. The molecule has 1 aliphatic rings. The molecule has 1 aliphatic heterocycles. The van der Waals surface area contributed by atoms with Crippen LogP contribution in [0.4, 0.5) is 0 Å². The van der Waals surface area contributed by atoms with Crippen molar-refractivity contribution in [3.63, 3.8) is 0 Å². The van der Waals surface area contributed by atoms with Gasteiger partial charge in [0.1, 0.15) is 0 Å². The SMILES string of the molecule is COC(C)(C)Cc1cccc(C2CCCCN2)c1. The standard InChI is InChI=1S/C16H25NO/c1-16(2,18-3)12-13-7-6-8-14(11-13)15-9-4-5-10-17-15/h6-8,11,15,17H,4-5,9-10,12H2,1-3H3. The Morgan fingerprint density at radius 2 is 2.17 bits per heavy atom. The molecule has 2 heteroatoms. The van der Waals surface area contributed by atoms with Crippen molar-refractivity contribution in [3.05, 3.63) is 35.4 Å². The maximum atomic E-state index is 5.51. The van der Waals surface area contributed by atoms with Gasteiger partial charge in [0.2, 0.25) is 0 Å². The van der Waals surface area contributed by atoms with Crippen LogP contribution in [0.5, 0.6) is 0 Å². The van der Waals surface area contributed by atoms with Crippen molar-refractivity contribution in [1.82, 2.24) is 5.32 Å². The maximum Gasteiger partial charge on any atom is 0.0662 e. The Hall–Kier alpha value is -0.860. The van der Waals surface area contributed by atoms with E-state index in [4.69, 9.17) is 4.74 Å². The summed E-state index contributed by atoms with van der Waals surface area (Å²) in [6.07, 6.45) is 4.87. The molecule has 0 aromatic heterocycles. The molecule has 0 amide bonds. The van der Waals surface area contributed by atoms with Crippen LogP contribution >= 0.6 is 0 Å². The monoisotopic (exact) mass is 247 g/mol. The van der Waals surface area contributed by atoms with Gasteiger partial charge in [0.05, 0.1) is 5.60 Å². The summed E-state index contributed by atoms with van der Waals surface area (Å²) in [7, 11) is 1.78. The van der Waals surface area contributed by atoms with E-state index >= 15 is 0 Å². The largest absolute Gasteiger partial charge is 0.378 e. The van der Waals surface area contributed by atoms with E-state index in [-0.39, 0.29) is 5.60 Å². The van der Waals surface area contributed by atoms with Gasteiger partial charge in [-0.25, -0.2) is 0 Å². The van der Waals surface area contributed by atoms with Crippen LogP contribution in [0.15, 0.2) is 24.3 Å². The predicted molar refractivity (Wildman–Crippen MR) is 75.8 cm³/mol. The minimum absolute atomic E-state index is 0.0847. The van der Waals surface area contributed by atoms with E-state index in [0.29, 0.717) is 6.04 Å². The number of hydrogen-bond donors (Lipinski definition) is 1. The summed E-state index contributed by atoms with van der Waals surface area (Å²) < 4.78 is 5.51. The molecule has 2 nitrogen and oxygen atoms in total. The molecule has 0 aliphatic carbocycles. The maximum absolute atomic E-state index is 5.51. The molecule has 100 valence electrons. The highest BCUT2D eigenvalue weighted by molar-refractivity contribution is 5.27. The molecule has 1 unspecified atom stereocenters. The van der Waals surface area contributed by atoms with Crippen LogP contribution in [0, 0.1) is 0 Å². The van der Waals surface area contributed by atoms with Crippen LogP contribution in [0.2, 0.25) is 0 Å². The van der Waals surface area contributed by atoms with E-state index in [1.165, 1.54) is 30.4 Å². The summed E-state index contributed by atoms with van der Waals surface area (Å²) in [6, 6.07) is 9.50. The summed E-state index contributed by atoms with van der Waals surface area (Å²) in [5.74, 6) is 0. The normalized spacial score (nSPS) is 20.9. The lowest BCUT2D eigenvalue weighted by atomic mass is 9.92. The number of piperidine rings is 1. The smallest absolute Gasteiger partial charge is 0.0662 e. The first-order valence-electron chi connectivity index (χ1n) is 6.98. The number of rotatable bonds is 4. The quantitative estimate of drug-likeness (QED) is 0.879. The fraction of sp³-hybridized carbons (Fsp3) is 0.625. The third kappa shape index (κ3) is 3.56. The fourth-order valence-corrected chi connectivity index (χ4v) is 2.62. The highest BCUT2D eigenvalue weighted by Crippen LogP contribution is 2.25. The Morgan fingerprint density at radius 1 is 1.33 bits per heavy atom. The predicted octanol–water partition coefficient (Wildman–Crippen LogP) is 3.47. The zero-order chi connectivity index (χ0) is 13.0. The molecule has 1 aromatic rings. The van der Waals surface area contributed by atoms with Gasteiger partial charge in [0.15, 0.2) is 0 Å². The average molecular weight is 247 g/mol. The third-order valence-corrected chi connectivity index (χ3v) is 3.85. The van der Waals surface area contributed by atoms with Gasteiger partial charge in [-0.15, -0.1) is 0 Å². The van der Waals surface area contributed by atoms with Crippen molar-refractivity contribution >= 4 is 0 Å². The molecule has 1 fully saturated rings. The van der Waals surface area contributed by atoms with Crippen LogP contribution in [0.25, 0.3) is 0 Å². The van der Waals surface area contributed by atoms with Crippen molar-refractivity contribution in [3.8, 4) is 0 Å². The summed E-state index contributed by atoms with van der Waals surface area (Å²) in [6.45, 7) is 5.43. The minimum atomic E-state index is -0.0847. The first-order chi connectivity index (χ1) is 8.61. The van der Waals surface area contributed by atoms with Gasteiger partial charge in [-0.2, -0.15) is 0 Å². The van der Waals surface area contributed by atoms with Crippen LogP contribution < -0.4 is 5.32 Å². The van der Waals surface area contributed by atoms with Gasteiger partial charge in [0, 0.05) is 19.6 Å². The number of hydrogen-bond acceptors (Lipinski definition) is 2. The van der Waals surface area contributed by atoms with Gasteiger partial charge >= 0.3 is 0 Å². The molecular weight excluding hydrogens is 222 g/mol. The molecule has 0 bridgehead atoms. The zero-order valence-corrected chi connectivity index (χ0v) is 11.8. The summed E-state index contributed by atoms with van der Waals surface area (Å²) in [5.41, 5.74) is 2.71. The molecule has 1 saturated heterocycles. The average Bonchev–Trinajstić information content (AvgIpc) is 2.40. The third-order valence-electron chi connectivity index (χ3n) is 3.85. The first kappa shape index (κ1) is 13.6. The Morgan fingerprint density at radius 3 is 2.83 bits per heavy atom. The molecular formula is C16H25NO. The number of ether oxygens (including phenoxy) is 1. The second kappa shape index (κ2) is 5.85. The van der Waals surface area contributed by atoms with Gasteiger partial charge in [-0.3, -0.25) is 0 Å². The van der Waals surface area contributed by atoms with Crippen LogP contribution in [-0.2, 0) is 11.2 Å². The summed E-state index contributed by atoms with van der Waals surface area (Å²) in [5, 5.41) is 3.61. The zero-order valence-electron chi connectivity index (χ0n) is 11.8. The second-order valence-electron chi connectivity index (χ2n) is 5.89. The summed E-state index contributed by atoms with van der Waals surface area (Å²) >= 11 is 0. The van der Waals surface area contributed by atoms with Crippen molar-refractivity contribution in [2.75, 3.05) is 13.7 Å². The van der Waals surface area contributed by atoms with E-state index in [1.807, 2.05) is 0 Å². The molecule has 2 rings (SSSR count). The molecule has 1 heterocycles. The highest BCUT2D eigenvalue weighted by Gasteiger charge is 2.19. The van der Waals surface area contributed by atoms with E-state index in [2.05, 4.69) is 43.4 Å². The topological polar surface area (TPSA) is 21.3 Å². The molecule has 1 N–H and O–H groups in total. The molecule has 1 atom stereocenters. The van der Waals surface area contributed by atoms with E-state index in [1.54, 1.807) is 7.11 Å². The Balaban J connectivity index is 2.09. The minimum Gasteiger partial charge on any atom is -0.378 e. The lowest BCUT2D eigenvalue weighted by Crippen LogP contribution is -2.27. The van der Waals surface area contributed by atoms with E-state index in [9.17, 15) is 0 Å². The molecule has 18 heavy (non-hydrogen) atoms. The van der Waals surface area contributed by atoms with Crippen molar-refractivity contribution < 1.29 is 4.74 Å². The Labute approximate surface area is 111 Å². The van der Waals surface area contributed by atoms with E-state index in [0.717, 1.165) is 13.0 Å². The number of methoxy groups -OCH3 is 1. The lowest BCUT2D eigenvalue weighted by molar-refractivity contribution is 0.0232. The Kier molecular flexibility index (Phi) is 4.41. The molecule has 0 saturated carbocycles. The van der Waals surface area contributed by atoms with Gasteiger partial charge < -0.3 is 10.1 Å². The van der Waals surface area contributed by atoms with Crippen molar-refractivity contribution in [1.29, 1.82) is 0 Å². The van der Waals surface area contributed by atoms with E-state index < -0.39 is 0 Å². The van der Waals surface area contributed by atoms with Crippen LogP contribution in [0.3, 0.4) is 0 Å². The van der Waals surface area contributed by atoms with Gasteiger partial charge in [-0.1, -0.05) is 30.7 Å². The number of nitrogens with one attached hydrogen (secondary N) is 1. The molecule has 1 aromatic carbocycles. The molecule has 0 spiro atoms. The lowest BCUT2D eigenvalue weighted by Gasteiger charge is -2.26.